The summed E-state index contributed by atoms with van der Waals surface area (Å²) >= 11 is 0. The maximum absolute atomic E-state index is 12.2. The summed E-state index contributed by atoms with van der Waals surface area (Å²) in [4.78, 5) is 33.2. The van der Waals surface area contributed by atoms with Gasteiger partial charge < -0.3 is 25.0 Å². The third kappa shape index (κ3) is 9.85. The van der Waals surface area contributed by atoms with Crippen molar-refractivity contribution in [3.63, 3.8) is 0 Å². The molecule has 0 radical (unpaired) electrons. The van der Waals surface area contributed by atoms with Crippen molar-refractivity contribution in [2.75, 3.05) is 25.5 Å². The Morgan fingerprint density at radius 3 is 2.29 bits per heavy atom. The van der Waals surface area contributed by atoms with Gasteiger partial charge in [-0.2, -0.15) is 8.42 Å². The largest absolute Gasteiger partial charge is 0.508 e. The monoisotopic (exact) mass is 427 g/mol. The highest BCUT2D eigenvalue weighted by Gasteiger charge is 2.43. The van der Waals surface area contributed by atoms with E-state index in [-0.39, 0.29) is 38.5 Å². The molecule has 0 aromatic heterocycles. The van der Waals surface area contributed by atoms with Gasteiger partial charge in [0.05, 0.1) is 25.1 Å². The summed E-state index contributed by atoms with van der Waals surface area (Å²) in [5, 5.41) is 21.5. The van der Waals surface area contributed by atoms with E-state index in [1.54, 1.807) is 6.92 Å². The van der Waals surface area contributed by atoms with Crippen LogP contribution in [0.4, 0.5) is 4.79 Å². The van der Waals surface area contributed by atoms with Gasteiger partial charge >= 0.3 is 12.1 Å². The van der Waals surface area contributed by atoms with Gasteiger partial charge in [-0.15, -0.1) is 0 Å². The zero-order chi connectivity index (χ0) is 22.0. The first kappa shape index (κ1) is 26.1. The summed E-state index contributed by atoms with van der Waals surface area (Å²) in [7, 11) is -4.11. The maximum Gasteiger partial charge on any atom is 0.508 e. The molecule has 11 nitrogen and oxygen atoms in total. The molecule has 0 heterocycles. The second kappa shape index (κ2) is 11.8. The molecule has 0 saturated heterocycles. The Morgan fingerprint density at radius 2 is 1.79 bits per heavy atom. The van der Waals surface area contributed by atoms with E-state index in [1.165, 1.54) is 20.8 Å². The van der Waals surface area contributed by atoms with Crippen LogP contribution in [0.3, 0.4) is 0 Å². The normalized spacial score (nSPS) is 14.0. The minimum Gasteiger partial charge on any atom is -0.479 e. The van der Waals surface area contributed by atoms with Crippen molar-refractivity contribution in [3.8, 4) is 0 Å². The van der Waals surface area contributed by atoms with Crippen molar-refractivity contribution in [2.45, 2.75) is 52.7 Å². The molecule has 1 unspecified atom stereocenters. The molecule has 0 aromatic rings. The van der Waals surface area contributed by atoms with E-state index in [1.807, 2.05) is 0 Å². The van der Waals surface area contributed by atoms with Crippen LogP contribution in [0.25, 0.3) is 0 Å². The minimum atomic E-state index is -4.11. The van der Waals surface area contributed by atoms with Gasteiger partial charge in [0.1, 0.15) is 0 Å². The molecule has 2 atom stereocenters. The maximum atomic E-state index is 12.2. The van der Waals surface area contributed by atoms with Gasteiger partial charge in [-0.1, -0.05) is 13.8 Å². The van der Waals surface area contributed by atoms with Gasteiger partial charge in [0.25, 0.3) is 10.1 Å². The Labute approximate surface area is 164 Å². The predicted molar refractivity (Wildman–Crippen MR) is 97.0 cm³/mol. The summed E-state index contributed by atoms with van der Waals surface area (Å²) in [5.41, 5.74) is -1.52. The number of carboxylic acids is 1. The molecule has 0 aliphatic rings. The molecule has 0 aliphatic heterocycles. The third-order valence-electron chi connectivity index (χ3n) is 3.84. The molecule has 0 rings (SSSR count). The Kier molecular flexibility index (Phi) is 11.0. The fourth-order valence-corrected chi connectivity index (χ4v) is 3.48. The second-order valence-electron chi connectivity index (χ2n) is 6.57. The highest BCUT2D eigenvalue weighted by atomic mass is 32.2. The first-order chi connectivity index (χ1) is 12.8. The van der Waals surface area contributed by atoms with Gasteiger partial charge in [0, 0.05) is 25.3 Å². The van der Waals surface area contributed by atoms with Gasteiger partial charge in [0.15, 0.2) is 6.10 Å². The van der Waals surface area contributed by atoms with Crippen LogP contribution in [0.1, 0.15) is 40.5 Å². The number of aliphatic hydroxyl groups excluding tert-OH is 1. The Morgan fingerprint density at radius 1 is 1.18 bits per heavy atom. The lowest BCUT2D eigenvalue weighted by Gasteiger charge is -2.35. The molecule has 28 heavy (non-hydrogen) atoms. The number of hydrogen-bond acceptors (Lipinski definition) is 9. The second-order valence-corrected chi connectivity index (χ2v) is 8.28. The van der Waals surface area contributed by atoms with Gasteiger partial charge in [-0.3, -0.25) is 8.98 Å². The minimum absolute atomic E-state index is 0.0792. The van der Waals surface area contributed by atoms with Gasteiger partial charge in [-0.05, 0) is 13.3 Å². The Balaban J connectivity index is 5.13. The number of hydrogen-bond donors (Lipinski definition) is 3. The summed E-state index contributed by atoms with van der Waals surface area (Å²) in [6, 6.07) is 0. The molecule has 164 valence electrons. The predicted octanol–water partition coefficient (Wildman–Crippen LogP) is 0.263. The van der Waals surface area contributed by atoms with Crippen molar-refractivity contribution in [2.24, 2.45) is 5.41 Å². The first-order valence-electron chi connectivity index (χ1n) is 8.69. The number of nitrogens with one attached hydrogen (secondary N) is 1. The van der Waals surface area contributed by atoms with Crippen LogP contribution in [-0.2, 0) is 33.4 Å². The summed E-state index contributed by atoms with van der Waals surface area (Å²) in [6.07, 6.45) is -4.29. The molecule has 0 spiro atoms. The zero-order valence-corrected chi connectivity index (χ0v) is 17.3. The van der Waals surface area contributed by atoms with E-state index in [4.69, 9.17) is 14.0 Å². The fourth-order valence-electron chi connectivity index (χ4n) is 2.19. The number of rotatable bonds is 13. The molecule has 0 fully saturated rings. The van der Waals surface area contributed by atoms with Crippen molar-refractivity contribution in [1.82, 2.24) is 5.32 Å². The average molecular weight is 427 g/mol. The van der Waals surface area contributed by atoms with E-state index < -0.39 is 45.6 Å². The molecular weight excluding hydrogens is 398 g/mol. The molecule has 0 saturated carbocycles. The standard InChI is InChI=1S/C16H29NO10S/c1-5-25-15(22)26-9-7-12(16(3,4)13(19)14(20)21)27-28(23,24)10-6-8-17-11(2)18/h12-13,19H,5-10H2,1-4H3,(H,17,18)(H,20,21)/t12?,13-/m0/s1. The third-order valence-corrected chi connectivity index (χ3v) is 5.15. The number of aliphatic carboxylic acids is 1. The first-order valence-corrected chi connectivity index (χ1v) is 10.3. The number of aliphatic hydroxyl groups is 1. The van der Waals surface area contributed by atoms with Crippen molar-refractivity contribution in [1.29, 1.82) is 0 Å². The van der Waals surface area contributed by atoms with E-state index in [2.05, 4.69) is 10.1 Å². The Hall–Kier alpha value is -1.92. The van der Waals surface area contributed by atoms with Crippen molar-refractivity contribution >= 4 is 28.1 Å². The van der Waals surface area contributed by atoms with Crippen molar-refractivity contribution < 1.29 is 46.7 Å². The lowest BCUT2D eigenvalue weighted by molar-refractivity contribution is -0.158. The number of carboxylic acid groups (broad SMARTS) is 1. The van der Waals surface area contributed by atoms with E-state index in [9.17, 15) is 27.9 Å². The van der Waals surface area contributed by atoms with Crippen molar-refractivity contribution in [3.05, 3.63) is 0 Å². The lowest BCUT2D eigenvalue weighted by atomic mass is 9.79. The molecule has 0 bridgehead atoms. The molecule has 1 amide bonds. The molecule has 3 N–H and O–H groups in total. The SMILES string of the molecule is CCOC(=O)OCCC(OS(=O)(=O)CCCNC(C)=O)C(C)(C)[C@@H](O)C(=O)O. The average Bonchev–Trinajstić information content (AvgIpc) is 2.57. The highest BCUT2D eigenvalue weighted by Crippen LogP contribution is 2.32. The Bertz CT molecular complexity index is 631. The van der Waals surface area contributed by atoms with Crippen LogP contribution in [0.5, 0.6) is 0 Å². The van der Waals surface area contributed by atoms with E-state index in [0.717, 1.165) is 0 Å². The summed E-state index contributed by atoms with van der Waals surface area (Å²) < 4.78 is 38.9. The number of carbonyl (C=O) groups excluding carboxylic acids is 2. The molecule has 12 heteroatoms. The zero-order valence-electron chi connectivity index (χ0n) is 16.5. The summed E-state index contributed by atoms with van der Waals surface area (Å²) in [6.45, 7) is 5.43. The fraction of sp³-hybridized carbons (Fsp3) is 0.812. The van der Waals surface area contributed by atoms with Crippen LogP contribution in [0.15, 0.2) is 0 Å². The van der Waals surface area contributed by atoms with Crippen LogP contribution >= 0.6 is 0 Å². The van der Waals surface area contributed by atoms with Crippen LogP contribution in [0, 0.1) is 5.41 Å². The van der Waals surface area contributed by atoms with Gasteiger partial charge in [0.2, 0.25) is 5.91 Å². The summed E-state index contributed by atoms with van der Waals surface area (Å²) in [5.74, 6) is -2.28. The molecule has 0 aromatic carbocycles. The smallest absolute Gasteiger partial charge is 0.479 e. The number of ether oxygens (including phenoxy) is 2. The van der Waals surface area contributed by atoms with E-state index >= 15 is 0 Å². The lowest BCUT2D eigenvalue weighted by Crippen LogP contribution is -2.47. The van der Waals surface area contributed by atoms with Gasteiger partial charge in [-0.25, -0.2) is 9.59 Å². The van der Waals surface area contributed by atoms with Crippen LogP contribution < -0.4 is 5.32 Å². The quantitative estimate of drug-likeness (QED) is 0.211. The van der Waals surface area contributed by atoms with Crippen LogP contribution in [-0.4, -0.2) is 74.4 Å². The number of carbonyl (C=O) groups is 3. The molecular formula is C16H29NO10S. The number of amides is 1. The van der Waals surface area contributed by atoms with E-state index in [0.29, 0.717) is 0 Å². The highest BCUT2D eigenvalue weighted by molar-refractivity contribution is 7.86. The topological polar surface area (TPSA) is 166 Å². The molecule has 0 aliphatic carbocycles. The van der Waals surface area contributed by atoms with Crippen LogP contribution in [0.2, 0.25) is 0 Å².